The highest BCUT2D eigenvalue weighted by Crippen LogP contribution is 2.37. The van der Waals surface area contributed by atoms with Crippen LogP contribution in [0.3, 0.4) is 0 Å². The summed E-state index contributed by atoms with van der Waals surface area (Å²) in [5.74, 6) is 1.81. The van der Waals surface area contributed by atoms with Gasteiger partial charge in [-0.2, -0.15) is 0 Å². The number of aromatic amines is 1. The normalized spacial score (nSPS) is 11.5. The van der Waals surface area contributed by atoms with Crippen molar-refractivity contribution in [3.63, 3.8) is 0 Å². The second kappa shape index (κ2) is 6.84. The second-order valence-corrected chi connectivity index (χ2v) is 6.62. The average Bonchev–Trinajstić information content (AvgIpc) is 3.07. The molecule has 2 aromatic heterocycles. The molecular weight excluding hydrogens is 324 g/mol. The number of ether oxygens (including phenoxy) is 1. The number of H-pyrrole nitrogens is 1. The molecule has 0 aliphatic heterocycles. The van der Waals surface area contributed by atoms with E-state index < -0.39 is 0 Å². The summed E-state index contributed by atoms with van der Waals surface area (Å²) in [6.45, 7) is 3.97. The zero-order valence-electron chi connectivity index (χ0n) is 15.4. The van der Waals surface area contributed by atoms with Gasteiger partial charge in [-0.1, -0.05) is 6.07 Å². The Morgan fingerprint density at radius 1 is 1.12 bits per heavy atom. The summed E-state index contributed by atoms with van der Waals surface area (Å²) >= 11 is 0. The quantitative estimate of drug-likeness (QED) is 0.457. The Labute approximate surface area is 152 Å². The van der Waals surface area contributed by atoms with Crippen molar-refractivity contribution < 1.29 is 4.74 Å². The van der Waals surface area contributed by atoms with E-state index in [2.05, 4.69) is 46.8 Å². The van der Waals surface area contributed by atoms with Gasteiger partial charge in [-0.25, -0.2) is 4.98 Å². The van der Waals surface area contributed by atoms with Crippen LogP contribution >= 0.6 is 0 Å². The van der Waals surface area contributed by atoms with Crippen LogP contribution in [0, 0.1) is 6.92 Å². The van der Waals surface area contributed by atoms with Gasteiger partial charge in [0, 0.05) is 23.6 Å². The maximum absolute atomic E-state index is 5.38. The predicted molar refractivity (Wildman–Crippen MR) is 109 cm³/mol. The molecule has 4 rings (SSSR count). The van der Waals surface area contributed by atoms with Gasteiger partial charge in [-0.3, -0.25) is 0 Å². The van der Waals surface area contributed by atoms with Crippen LogP contribution in [0.1, 0.15) is 12.0 Å². The monoisotopic (exact) mass is 348 g/mol. The molecule has 2 heterocycles. The number of benzene rings is 2. The molecule has 4 aromatic rings. The fraction of sp³-hybridized carbons (Fsp3) is 0.286. The minimum atomic E-state index is 0.872. The summed E-state index contributed by atoms with van der Waals surface area (Å²) in [5, 5.41) is 11.5. The lowest BCUT2D eigenvalue weighted by Crippen LogP contribution is -2.13. The number of fused-ring (bicyclic) bond motifs is 5. The van der Waals surface area contributed by atoms with Crippen LogP contribution in [0.15, 0.2) is 36.5 Å². The number of nitrogens with zero attached hydrogens (tertiary/aromatic N) is 1. The van der Waals surface area contributed by atoms with Crippen LogP contribution in [-0.4, -0.2) is 37.2 Å². The molecule has 0 saturated heterocycles. The van der Waals surface area contributed by atoms with Crippen LogP contribution in [0.2, 0.25) is 0 Å². The Kier molecular flexibility index (Phi) is 4.39. The van der Waals surface area contributed by atoms with Gasteiger partial charge in [0.25, 0.3) is 0 Å². The van der Waals surface area contributed by atoms with Gasteiger partial charge in [0.15, 0.2) is 0 Å². The molecule has 0 unspecified atom stereocenters. The number of hydrogen-bond acceptors (Lipinski definition) is 4. The third-order valence-electron chi connectivity index (χ3n) is 4.90. The fourth-order valence-electron chi connectivity index (χ4n) is 3.56. The molecule has 134 valence electrons. The van der Waals surface area contributed by atoms with E-state index in [4.69, 9.17) is 9.72 Å². The second-order valence-electron chi connectivity index (χ2n) is 6.62. The number of anilines is 1. The van der Waals surface area contributed by atoms with Crippen LogP contribution < -0.4 is 15.4 Å². The van der Waals surface area contributed by atoms with Crippen molar-refractivity contribution in [3.8, 4) is 5.75 Å². The summed E-state index contributed by atoms with van der Waals surface area (Å²) in [4.78, 5) is 8.28. The Morgan fingerprint density at radius 2 is 2.00 bits per heavy atom. The van der Waals surface area contributed by atoms with E-state index in [0.717, 1.165) is 47.7 Å². The number of nitrogens with one attached hydrogen (secondary N) is 3. The molecular formula is C21H24N4O. The molecule has 0 aliphatic rings. The Morgan fingerprint density at radius 3 is 2.81 bits per heavy atom. The van der Waals surface area contributed by atoms with E-state index >= 15 is 0 Å². The number of pyridine rings is 1. The molecule has 26 heavy (non-hydrogen) atoms. The van der Waals surface area contributed by atoms with Gasteiger partial charge >= 0.3 is 0 Å². The number of aryl methyl sites for hydroxylation is 1. The van der Waals surface area contributed by atoms with Crippen LogP contribution in [0.5, 0.6) is 5.75 Å². The van der Waals surface area contributed by atoms with E-state index in [1.54, 1.807) is 7.11 Å². The smallest absolute Gasteiger partial charge is 0.136 e. The summed E-state index contributed by atoms with van der Waals surface area (Å²) in [5.41, 5.74) is 3.43. The first-order valence-electron chi connectivity index (χ1n) is 8.99. The summed E-state index contributed by atoms with van der Waals surface area (Å²) in [7, 11) is 3.67. The van der Waals surface area contributed by atoms with Crippen molar-refractivity contribution in [2.75, 3.05) is 32.6 Å². The van der Waals surface area contributed by atoms with Crippen LogP contribution in [0.4, 0.5) is 5.82 Å². The summed E-state index contributed by atoms with van der Waals surface area (Å²) in [6, 6.07) is 10.5. The largest absolute Gasteiger partial charge is 0.497 e. The Hall–Kier alpha value is -2.79. The van der Waals surface area contributed by atoms with Gasteiger partial charge in [0.2, 0.25) is 0 Å². The molecule has 0 radical (unpaired) electrons. The minimum Gasteiger partial charge on any atom is -0.497 e. The maximum Gasteiger partial charge on any atom is 0.136 e. The lowest BCUT2D eigenvalue weighted by atomic mass is 10.0. The van der Waals surface area contributed by atoms with Crippen molar-refractivity contribution in [3.05, 3.63) is 42.1 Å². The number of aromatic nitrogens is 2. The van der Waals surface area contributed by atoms with Gasteiger partial charge in [-0.05, 0) is 67.5 Å². The minimum absolute atomic E-state index is 0.872. The third-order valence-corrected chi connectivity index (χ3v) is 4.90. The van der Waals surface area contributed by atoms with Crippen molar-refractivity contribution in [2.45, 2.75) is 13.3 Å². The van der Waals surface area contributed by atoms with E-state index in [1.807, 2.05) is 19.3 Å². The molecule has 0 amide bonds. The highest BCUT2D eigenvalue weighted by Gasteiger charge is 2.15. The van der Waals surface area contributed by atoms with Crippen molar-refractivity contribution in [1.82, 2.24) is 15.3 Å². The standard InChI is InChI=1S/C21H24N4O/c1-13-12-24-21(23-10-4-9-22-2)19-18-16-7-6-15(26-3)11-14(16)5-8-17(18)25-20(13)19/h5-8,11-12,22,25H,4,9-10H2,1-3H3,(H,23,24). The van der Waals surface area contributed by atoms with Crippen molar-refractivity contribution in [1.29, 1.82) is 0 Å². The Balaban J connectivity index is 1.95. The topological polar surface area (TPSA) is 62.0 Å². The van der Waals surface area contributed by atoms with Crippen LogP contribution in [-0.2, 0) is 0 Å². The maximum atomic E-state index is 5.38. The number of hydrogen-bond donors (Lipinski definition) is 3. The molecule has 2 aromatic carbocycles. The third kappa shape index (κ3) is 2.74. The van der Waals surface area contributed by atoms with E-state index in [-0.39, 0.29) is 0 Å². The zero-order chi connectivity index (χ0) is 18.1. The first-order valence-corrected chi connectivity index (χ1v) is 8.99. The average molecular weight is 348 g/mol. The van der Waals surface area contributed by atoms with E-state index in [1.165, 1.54) is 21.5 Å². The summed E-state index contributed by atoms with van der Waals surface area (Å²) in [6.07, 6.45) is 2.98. The van der Waals surface area contributed by atoms with Gasteiger partial charge in [0.1, 0.15) is 11.6 Å². The first kappa shape index (κ1) is 16.7. The molecule has 0 aliphatic carbocycles. The molecule has 5 heteroatoms. The molecule has 0 spiro atoms. The Bertz CT molecular complexity index is 1080. The van der Waals surface area contributed by atoms with Gasteiger partial charge in [-0.15, -0.1) is 0 Å². The van der Waals surface area contributed by atoms with E-state index in [0.29, 0.717) is 0 Å². The molecule has 0 atom stereocenters. The number of rotatable bonds is 6. The molecule has 3 N–H and O–H groups in total. The number of methoxy groups -OCH3 is 1. The molecule has 5 nitrogen and oxygen atoms in total. The van der Waals surface area contributed by atoms with Crippen LogP contribution in [0.25, 0.3) is 32.6 Å². The highest BCUT2D eigenvalue weighted by atomic mass is 16.5. The van der Waals surface area contributed by atoms with Gasteiger partial charge < -0.3 is 20.4 Å². The predicted octanol–water partition coefficient (Wildman–Crippen LogP) is 4.21. The first-order chi connectivity index (χ1) is 12.7. The lowest BCUT2D eigenvalue weighted by molar-refractivity contribution is 0.415. The lowest BCUT2D eigenvalue weighted by Gasteiger charge is -2.09. The van der Waals surface area contributed by atoms with Gasteiger partial charge in [0.05, 0.1) is 18.0 Å². The van der Waals surface area contributed by atoms with Crippen molar-refractivity contribution in [2.24, 2.45) is 0 Å². The molecule has 0 bridgehead atoms. The van der Waals surface area contributed by atoms with Crippen molar-refractivity contribution >= 4 is 38.4 Å². The zero-order valence-corrected chi connectivity index (χ0v) is 15.4. The fourth-order valence-corrected chi connectivity index (χ4v) is 3.56. The SMILES string of the molecule is CNCCCNc1ncc(C)c2[nH]c3ccc4cc(OC)ccc4c3c12. The molecule has 0 saturated carbocycles. The van der Waals surface area contributed by atoms with E-state index in [9.17, 15) is 0 Å². The highest BCUT2D eigenvalue weighted by molar-refractivity contribution is 6.23. The molecule has 0 fully saturated rings. The summed E-state index contributed by atoms with van der Waals surface area (Å²) < 4.78 is 5.38.